The topological polar surface area (TPSA) is 53.6 Å². The molecule has 3 rings (SSSR count). The van der Waals surface area contributed by atoms with Crippen molar-refractivity contribution in [2.75, 3.05) is 6.54 Å². The maximum Gasteiger partial charge on any atom is 0.229 e. The second kappa shape index (κ2) is 5.88. The van der Waals surface area contributed by atoms with Crippen LogP contribution in [-0.4, -0.2) is 37.5 Å². The molecule has 2 aliphatic heterocycles. The predicted molar refractivity (Wildman–Crippen MR) is 83.5 cm³/mol. The summed E-state index contributed by atoms with van der Waals surface area (Å²) in [5.41, 5.74) is 4.34. The minimum absolute atomic E-state index is 0.0823. The first-order valence-electron chi connectivity index (χ1n) is 7.56. The summed E-state index contributed by atoms with van der Waals surface area (Å²) in [4.78, 5) is 20.8. The van der Waals surface area contributed by atoms with Gasteiger partial charge in [-0.15, -0.1) is 0 Å². The van der Waals surface area contributed by atoms with Crippen molar-refractivity contribution in [3.05, 3.63) is 35.9 Å². The average molecular weight is 305 g/mol. The molecular formula is C15H23N3O2Si. The first-order valence-corrected chi connectivity index (χ1v) is 10.5. The summed E-state index contributed by atoms with van der Waals surface area (Å²) in [7, 11) is -1.77. The van der Waals surface area contributed by atoms with Crippen LogP contribution in [0.4, 0.5) is 0 Å². The van der Waals surface area contributed by atoms with Gasteiger partial charge in [-0.3, -0.25) is 14.2 Å². The zero-order chi connectivity index (χ0) is 14.9. The lowest BCUT2D eigenvalue weighted by molar-refractivity contribution is -0.122. The van der Waals surface area contributed by atoms with Crippen LogP contribution in [-0.2, 0) is 16.2 Å². The highest BCUT2D eigenvalue weighted by Gasteiger charge is 2.49. The monoisotopic (exact) mass is 305 g/mol. The fraction of sp³-hybridized carbons (Fsp3) is 0.533. The number of fused-ring (bicyclic) bond motifs is 1. The number of piperidine rings is 1. The predicted octanol–water partition coefficient (Wildman–Crippen LogP) is 1.37. The van der Waals surface area contributed by atoms with Gasteiger partial charge in [0.2, 0.25) is 14.3 Å². The Balaban J connectivity index is 1.51. The van der Waals surface area contributed by atoms with Crippen LogP contribution in [0.2, 0.25) is 13.1 Å². The Labute approximate surface area is 126 Å². The van der Waals surface area contributed by atoms with E-state index in [9.17, 15) is 4.79 Å². The number of hydroxylamine groups is 1. The molecule has 2 heterocycles. The molecule has 114 valence electrons. The van der Waals surface area contributed by atoms with Crippen molar-refractivity contribution in [1.29, 1.82) is 0 Å². The van der Waals surface area contributed by atoms with Crippen LogP contribution < -0.4 is 10.5 Å². The molecule has 0 spiro atoms. The second-order valence-electron chi connectivity index (χ2n) is 6.38. The minimum atomic E-state index is -1.77. The minimum Gasteiger partial charge on any atom is -0.368 e. The van der Waals surface area contributed by atoms with Crippen molar-refractivity contribution >= 4 is 14.3 Å². The second-order valence-corrected chi connectivity index (χ2v) is 10.3. The molecule has 5 nitrogen and oxygen atoms in total. The molecule has 2 N–H and O–H groups in total. The van der Waals surface area contributed by atoms with E-state index in [1.54, 1.807) is 0 Å². The standard InChI is InChI=1S/C15H23N3O2Si/c1-21(2)17-15(19)14-9-8-13(10-18(14)21)16-20-11-12-6-4-3-5-7-12/h3-7,13-14,16H,8-11H2,1-2H3,(H,17,19)/t13-,14+/m1/s1. The molecular weight excluding hydrogens is 282 g/mol. The van der Waals surface area contributed by atoms with E-state index in [1.165, 1.54) is 0 Å². The van der Waals surface area contributed by atoms with Crippen LogP contribution in [0.1, 0.15) is 18.4 Å². The summed E-state index contributed by atoms with van der Waals surface area (Å²) in [5.74, 6) is 0.218. The van der Waals surface area contributed by atoms with E-state index >= 15 is 0 Å². The Hall–Kier alpha value is -1.21. The van der Waals surface area contributed by atoms with Gasteiger partial charge in [0.05, 0.1) is 12.6 Å². The maximum atomic E-state index is 12.0. The lowest BCUT2D eigenvalue weighted by atomic mass is 10.0. The summed E-state index contributed by atoms with van der Waals surface area (Å²) in [6.45, 7) is 5.84. The molecule has 1 aromatic rings. The molecule has 6 heteroatoms. The van der Waals surface area contributed by atoms with E-state index in [0.29, 0.717) is 12.6 Å². The Morgan fingerprint density at radius 3 is 2.86 bits per heavy atom. The smallest absolute Gasteiger partial charge is 0.229 e. The number of hydrogen-bond acceptors (Lipinski definition) is 4. The van der Waals surface area contributed by atoms with Gasteiger partial charge in [0.15, 0.2) is 0 Å². The van der Waals surface area contributed by atoms with Crippen molar-refractivity contribution < 1.29 is 9.63 Å². The highest BCUT2D eigenvalue weighted by Crippen LogP contribution is 2.27. The normalized spacial score (nSPS) is 28.2. The van der Waals surface area contributed by atoms with Gasteiger partial charge in [-0.2, -0.15) is 5.48 Å². The summed E-state index contributed by atoms with van der Waals surface area (Å²) in [6, 6.07) is 10.5. The molecule has 0 unspecified atom stereocenters. The number of hydrogen-bond donors (Lipinski definition) is 2. The molecule has 2 fully saturated rings. The molecule has 2 atom stereocenters. The maximum absolute atomic E-state index is 12.0. The van der Waals surface area contributed by atoms with Crippen LogP contribution in [0.25, 0.3) is 0 Å². The number of benzene rings is 1. The third-order valence-electron chi connectivity index (χ3n) is 4.36. The van der Waals surface area contributed by atoms with Crippen molar-refractivity contribution in [2.24, 2.45) is 0 Å². The van der Waals surface area contributed by atoms with Crippen LogP contribution in [0, 0.1) is 0 Å². The third-order valence-corrected chi connectivity index (χ3v) is 7.15. The van der Waals surface area contributed by atoms with E-state index in [1.807, 2.05) is 18.2 Å². The first-order chi connectivity index (χ1) is 10.1. The Bertz CT molecular complexity index is 509. The molecule has 0 bridgehead atoms. The number of amides is 1. The van der Waals surface area contributed by atoms with Crippen LogP contribution in [0.3, 0.4) is 0 Å². The van der Waals surface area contributed by atoms with E-state index in [0.717, 1.165) is 24.9 Å². The van der Waals surface area contributed by atoms with E-state index in [4.69, 9.17) is 4.84 Å². The van der Waals surface area contributed by atoms with Gasteiger partial charge < -0.3 is 4.98 Å². The average Bonchev–Trinajstić information content (AvgIpc) is 2.70. The highest BCUT2D eigenvalue weighted by molar-refractivity contribution is 6.76. The quantitative estimate of drug-likeness (QED) is 0.652. The number of nitrogens with one attached hydrogen (secondary N) is 2. The van der Waals surface area contributed by atoms with Gasteiger partial charge in [-0.1, -0.05) is 30.3 Å². The van der Waals surface area contributed by atoms with Crippen molar-refractivity contribution in [2.45, 2.75) is 44.6 Å². The van der Waals surface area contributed by atoms with Crippen LogP contribution in [0.15, 0.2) is 30.3 Å². The van der Waals surface area contributed by atoms with Crippen molar-refractivity contribution in [3.63, 3.8) is 0 Å². The summed E-state index contributed by atoms with van der Waals surface area (Å²) in [5, 5.41) is 0. The van der Waals surface area contributed by atoms with Gasteiger partial charge in [0.25, 0.3) is 0 Å². The molecule has 2 saturated heterocycles. The lowest BCUT2D eigenvalue weighted by Gasteiger charge is -2.38. The largest absolute Gasteiger partial charge is 0.368 e. The Morgan fingerprint density at radius 1 is 1.33 bits per heavy atom. The summed E-state index contributed by atoms with van der Waals surface area (Å²) < 4.78 is 2.38. The van der Waals surface area contributed by atoms with Gasteiger partial charge in [0.1, 0.15) is 0 Å². The molecule has 21 heavy (non-hydrogen) atoms. The zero-order valence-corrected chi connectivity index (χ0v) is 13.6. The SMILES string of the molecule is C[Si]1(C)NC(=O)[C@@H]2CC[C@@H](NOCc3ccccc3)CN21. The highest BCUT2D eigenvalue weighted by atomic mass is 28.3. The first kappa shape index (κ1) is 14.7. The number of carbonyl (C=O) groups excluding carboxylic acids is 1. The molecule has 2 aliphatic rings. The summed E-state index contributed by atoms with van der Waals surface area (Å²) in [6.07, 6.45) is 1.89. The fourth-order valence-electron chi connectivity index (χ4n) is 3.23. The van der Waals surface area contributed by atoms with Crippen molar-refractivity contribution in [1.82, 2.24) is 15.0 Å². The molecule has 1 aromatic carbocycles. The Morgan fingerprint density at radius 2 is 2.10 bits per heavy atom. The zero-order valence-electron chi connectivity index (χ0n) is 12.6. The van der Waals surface area contributed by atoms with Gasteiger partial charge in [0, 0.05) is 12.6 Å². The van der Waals surface area contributed by atoms with Gasteiger partial charge in [-0.05, 0) is 31.5 Å². The summed E-state index contributed by atoms with van der Waals surface area (Å²) >= 11 is 0. The van der Waals surface area contributed by atoms with Crippen LogP contribution in [0.5, 0.6) is 0 Å². The lowest BCUT2D eigenvalue weighted by Crippen LogP contribution is -2.59. The van der Waals surface area contributed by atoms with Crippen LogP contribution >= 0.6 is 0 Å². The number of carbonyl (C=O) groups is 1. The fourth-order valence-corrected chi connectivity index (χ4v) is 5.85. The van der Waals surface area contributed by atoms with Crippen molar-refractivity contribution in [3.8, 4) is 0 Å². The molecule has 1 amide bonds. The van der Waals surface area contributed by atoms with Gasteiger partial charge >= 0.3 is 0 Å². The number of nitrogens with zero attached hydrogens (tertiary/aromatic N) is 1. The number of rotatable bonds is 4. The molecule has 0 aromatic heterocycles. The van der Waals surface area contributed by atoms with E-state index in [-0.39, 0.29) is 11.9 Å². The van der Waals surface area contributed by atoms with E-state index in [2.05, 4.69) is 40.3 Å². The molecule has 0 aliphatic carbocycles. The molecule has 0 radical (unpaired) electrons. The third kappa shape index (κ3) is 3.18. The molecule has 0 saturated carbocycles. The Kier molecular flexibility index (Phi) is 4.12. The van der Waals surface area contributed by atoms with E-state index < -0.39 is 8.40 Å². The van der Waals surface area contributed by atoms with Gasteiger partial charge in [-0.25, -0.2) is 0 Å².